The summed E-state index contributed by atoms with van der Waals surface area (Å²) in [5.41, 5.74) is 1.57. The first-order valence-corrected chi connectivity index (χ1v) is 9.15. The van der Waals surface area contributed by atoms with E-state index in [9.17, 15) is 13.6 Å². The first kappa shape index (κ1) is 18.3. The number of aromatic nitrogens is 2. The molecule has 3 aromatic rings. The van der Waals surface area contributed by atoms with Crippen LogP contribution in [0.25, 0.3) is 11.1 Å². The molecule has 0 bridgehead atoms. The molecule has 0 spiro atoms. The van der Waals surface area contributed by atoms with Gasteiger partial charge in [-0.1, -0.05) is 0 Å². The van der Waals surface area contributed by atoms with Crippen molar-refractivity contribution in [1.82, 2.24) is 9.97 Å². The van der Waals surface area contributed by atoms with Crippen molar-refractivity contribution in [2.45, 2.75) is 26.7 Å². The molecule has 1 saturated heterocycles. The number of benzene rings is 1. The van der Waals surface area contributed by atoms with Crippen LogP contribution in [-0.2, 0) is 4.79 Å². The third kappa shape index (κ3) is 3.30. The number of piperidine rings is 1. The Morgan fingerprint density at radius 1 is 1.21 bits per heavy atom. The van der Waals surface area contributed by atoms with Crippen LogP contribution < -0.4 is 10.2 Å². The van der Waals surface area contributed by atoms with Crippen molar-refractivity contribution in [2.24, 2.45) is 5.92 Å². The second-order valence-corrected chi connectivity index (χ2v) is 7.04. The number of hydrogen-bond donors (Lipinski definition) is 1. The molecule has 0 radical (unpaired) electrons. The summed E-state index contributed by atoms with van der Waals surface area (Å²) in [5.74, 6) is -0.335. The van der Waals surface area contributed by atoms with Crippen LogP contribution in [0, 0.1) is 31.4 Å². The number of hydrogen-bond acceptors (Lipinski definition) is 5. The van der Waals surface area contributed by atoms with E-state index in [0.29, 0.717) is 31.6 Å². The van der Waals surface area contributed by atoms with Crippen LogP contribution in [0.2, 0.25) is 0 Å². The first-order chi connectivity index (χ1) is 13.4. The molecule has 28 heavy (non-hydrogen) atoms. The number of aryl methyl sites for hydroxylation is 2. The number of anilines is 2. The number of carbonyl (C=O) groups is 1. The number of nitrogens with one attached hydrogen (secondary N) is 1. The lowest BCUT2D eigenvalue weighted by atomic mass is 9.95. The molecule has 1 aliphatic heterocycles. The van der Waals surface area contributed by atoms with Crippen molar-refractivity contribution in [3.63, 3.8) is 0 Å². The number of carbonyl (C=O) groups excluding carboxylic acids is 1. The fourth-order valence-corrected chi connectivity index (χ4v) is 3.58. The molecule has 1 N–H and O–H groups in total. The summed E-state index contributed by atoms with van der Waals surface area (Å²) in [6.45, 7) is 5.15. The van der Waals surface area contributed by atoms with E-state index in [-0.39, 0.29) is 17.5 Å². The topological polar surface area (TPSA) is 71.3 Å². The summed E-state index contributed by atoms with van der Waals surface area (Å²) in [4.78, 5) is 23.2. The lowest BCUT2D eigenvalue weighted by molar-refractivity contribution is -0.120. The molecule has 1 aromatic carbocycles. The van der Waals surface area contributed by atoms with Crippen LogP contribution in [-0.4, -0.2) is 29.0 Å². The molecule has 0 saturated carbocycles. The van der Waals surface area contributed by atoms with Gasteiger partial charge in [0.2, 0.25) is 11.6 Å². The number of furan rings is 1. The molecule has 0 aliphatic carbocycles. The summed E-state index contributed by atoms with van der Waals surface area (Å²) in [6, 6.07) is 3.12. The molecule has 1 amide bonds. The Bertz CT molecular complexity index is 1040. The molecule has 1 fully saturated rings. The van der Waals surface area contributed by atoms with Gasteiger partial charge in [-0.2, -0.15) is 0 Å². The van der Waals surface area contributed by atoms with E-state index in [0.717, 1.165) is 34.7 Å². The Hall–Kier alpha value is -3.03. The molecule has 8 heteroatoms. The molecule has 0 unspecified atom stereocenters. The number of fused-ring (bicyclic) bond motifs is 1. The van der Waals surface area contributed by atoms with Crippen LogP contribution in [0.4, 0.5) is 20.3 Å². The van der Waals surface area contributed by atoms with Crippen LogP contribution in [0.15, 0.2) is 28.9 Å². The monoisotopic (exact) mass is 386 g/mol. The minimum Gasteiger partial charge on any atom is -0.443 e. The molecular weight excluding hydrogens is 366 g/mol. The van der Waals surface area contributed by atoms with E-state index in [4.69, 9.17) is 4.42 Å². The Morgan fingerprint density at radius 3 is 2.68 bits per heavy atom. The van der Waals surface area contributed by atoms with Gasteiger partial charge in [0.25, 0.3) is 0 Å². The average molecular weight is 386 g/mol. The van der Waals surface area contributed by atoms with Crippen LogP contribution in [0.1, 0.15) is 24.2 Å². The fourth-order valence-electron chi connectivity index (χ4n) is 3.58. The van der Waals surface area contributed by atoms with E-state index < -0.39 is 11.6 Å². The average Bonchev–Trinajstić information content (AvgIpc) is 2.98. The largest absolute Gasteiger partial charge is 0.443 e. The van der Waals surface area contributed by atoms with Crippen molar-refractivity contribution in [2.75, 3.05) is 23.3 Å². The third-order valence-electron chi connectivity index (χ3n) is 5.30. The summed E-state index contributed by atoms with van der Waals surface area (Å²) in [6.07, 6.45) is 2.70. The summed E-state index contributed by atoms with van der Waals surface area (Å²) < 4.78 is 32.4. The lowest BCUT2D eigenvalue weighted by Crippen LogP contribution is -2.38. The van der Waals surface area contributed by atoms with Gasteiger partial charge >= 0.3 is 0 Å². The van der Waals surface area contributed by atoms with Crippen molar-refractivity contribution in [3.8, 4) is 0 Å². The van der Waals surface area contributed by atoms with E-state index in [1.165, 1.54) is 12.4 Å². The van der Waals surface area contributed by atoms with Gasteiger partial charge in [0.05, 0.1) is 11.1 Å². The molecule has 1 aliphatic rings. The predicted octanol–water partition coefficient (Wildman–Crippen LogP) is 3.97. The number of rotatable bonds is 3. The summed E-state index contributed by atoms with van der Waals surface area (Å²) >= 11 is 0. The number of nitrogens with zero attached hydrogens (tertiary/aromatic N) is 3. The van der Waals surface area contributed by atoms with E-state index in [2.05, 4.69) is 20.2 Å². The maximum Gasteiger partial charge on any atom is 0.231 e. The Kier molecular flexibility index (Phi) is 4.70. The van der Waals surface area contributed by atoms with Gasteiger partial charge in [0.15, 0.2) is 0 Å². The highest BCUT2D eigenvalue weighted by Crippen LogP contribution is 2.32. The quantitative estimate of drug-likeness (QED) is 0.737. The molecular formula is C20H20F2N4O2. The fraction of sp³-hybridized carbons (Fsp3) is 0.350. The van der Waals surface area contributed by atoms with Gasteiger partial charge < -0.3 is 14.6 Å². The van der Waals surface area contributed by atoms with Crippen molar-refractivity contribution >= 4 is 28.5 Å². The highest BCUT2D eigenvalue weighted by molar-refractivity contribution is 5.93. The van der Waals surface area contributed by atoms with Crippen LogP contribution in [0.5, 0.6) is 0 Å². The highest BCUT2D eigenvalue weighted by Gasteiger charge is 2.28. The zero-order valence-electron chi connectivity index (χ0n) is 15.6. The lowest BCUT2D eigenvalue weighted by Gasteiger charge is -2.32. The normalized spacial score (nSPS) is 15.2. The van der Waals surface area contributed by atoms with E-state index >= 15 is 0 Å². The van der Waals surface area contributed by atoms with Gasteiger partial charge in [0.1, 0.15) is 29.5 Å². The Morgan fingerprint density at radius 2 is 1.96 bits per heavy atom. The smallest absolute Gasteiger partial charge is 0.231 e. The van der Waals surface area contributed by atoms with Crippen molar-refractivity contribution < 1.29 is 18.0 Å². The van der Waals surface area contributed by atoms with Crippen molar-refractivity contribution in [1.29, 1.82) is 0 Å². The van der Waals surface area contributed by atoms with Gasteiger partial charge in [-0.05, 0) is 38.8 Å². The summed E-state index contributed by atoms with van der Waals surface area (Å²) in [7, 11) is 0. The summed E-state index contributed by atoms with van der Waals surface area (Å²) in [5, 5.41) is 3.46. The molecule has 4 rings (SSSR count). The second kappa shape index (κ2) is 7.18. The third-order valence-corrected chi connectivity index (χ3v) is 5.30. The van der Waals surface area contributed by atoms with E-state index in [1.807, 2.05) is 13.8 Å². The van der Waals surface area contributed by atoms with Crippen molar-refractivity contribution in [3.05, 3.63) is 47.5 Å². The molecule has 146 valence electrons. The van der Waals surface area contributed by atoms with Crippen LogP contribution >= 0.6 is 0 Å². The number of amides is 1. The minimum absolute atomic E-state index is 0.00386. The molecule has 3 heterocycles. The number of halogens is 2. The first-order valence-electron chi connectivity index (χ1n) is 9.15. The van der Waals surface area contributed by atoms with Gasteiger partial charge in [-0.3, -0.25) is 4.79 Å². The zero-order valence-corrected chi connectivity index (χ0v) is 15.6. The predicted molar refractivity (Wildman–Crippen MR) is 101 cm³/mol. The zero-order chi connectivity index (χ0) is 19.8. The maximum absolute atomic E-state index is 13.8. The second-order valence-electron chi connectivity index (χ2n) is 7.04. The molecule has 0 atom stereocenters. The Balaban J connectivity index is 1.46. The molecule has 2 aromatic heterocycles. The van der Waals surface area contributed by atoms with Gasteiger partial charge in [-0.25, -0.2) is 18.7 Å². The Labute approximate surface area is 160 Å². The SMILES string of the molecule is Cc1oc2ncnc(N3CCC(C(=O)Nc4ccc(F)cc4F)CC3)c2c1C. The van der Waals surface area contributed by atoms with E-state index in [1.54, 1.807) is 0 Å². The highest BCUT2D eigenvalue weighted by atomic mass is 19.1. The van der Waals surface area contributed by atoms with Crippen LogP contribution in [0.3, 0.4) is 0 Å². The maximum atomic E-state index is 13.8. The van der Waals surface area contributed by atoms with Gasteiger partial charge in [-0.15, -0.1) is 0 Å². The molecule has 6 nitrogen and oxygen atoms in total. The standard InChI is InChI=1S/C20H20F2N4O2/c1-11-12(2)28-20-17(11)18(23-10-24-20)26-7-5-13(6-8-26)19(27)25-16-4-3-14(21)9-15(16)22/h3-4,9-10,13H,5-8H2,1-2H3,(H,25,27). The van der Waals surface area contributed by atoms with Gasteiger partial charge in [0, 0.05) is 30.6 Å². The minimum atomic E-state index is -0.778.